The number of aromatic nitrogens is 4. The molecule has 3 heterocycles. The zero-order valence-electron chi connectivity index (χ0n) is 17.8. The van der Waals surface area contributed by atoms with Crippen LogP contribution in [0.1, 0.15) is 10.4 Å². The van der Waals surface area contributed by atoms with Crippen LogP contribution in [0.15, 0.2) is 60.8 Å². The Labute approximate surface area is 183 Å². The van der Waals surface area contributed by atoms with E-state index in [1.54, 1.807) is 7.11 Å². The molecule has 0 aliphatic rings. The van der Waals surface area contributed by atoms with Crippen molar-refractivity contribution in [1.82, 2.24) is 19.7 Å². The Bertz CT molecular complexity index is 1470. The van der Waals surface area contributed by atoms with Crippen LogP contribution in [0.4, 0.5) is 11.4 Å². The number of carbonyl (C=O) groups is 1. The van der Waals surface area contributed by atoms with Gasteiger partial charge in [-0.05, 0) is 42.5 Å². The number of anilines is 2. The van der Waals surface area contributed by atoms with Gasteiger partial charge >= 0.3 is 5.97 Å². The molecule has 5 rings (SSSR count). The molecule has 0 saturated heterocycles. The maximum atomic E-state index is 11.6. The molecule has 0 bridgehead atoms. The lowest BCUT2D eigenvalue weighted by Crippen LogP contribution is -2.10. The summed E-state index contributed by atoms with van der Waals surface area (Å²) in [6, 6.07) is 17.3. The SMILES string of the molecule is COc1ccc(N(C)c2cccc3c(-c4cc5nccc(C(=O)O)c5[nH]4)nn(C)c23)cc1. The van der Waals surface area contributed by atoms with E-state index in [2.05, 4.69) is 14.9 Å². The number of aromatic carboxylic acids is 1. The van der Waals surface area contributed by atoms with Gasteiger partial charge in [-0.2, -0.15) is 5.10 Å². The topological polar surface area (TPSA) is 96.3 Å². The van der Waals surface area contributed by atoms with Gasteiger partial charge in [-0.25, -0.2) is 4.79 Å². The molecular formula is C24H21N5O3. The van der Waals surface area contributed by atoms with Gasteiger partial charge in [0, 0.05) is 31.4 Å². The minimum atomic E-state index is -1.000. The lowest BCUT2D eigenvalue weighted by atomic mass is 10.1. The van der Waals surface area contributed by atoms with Crippen molar-refractivity contribution in [2.24, 2.45) is 7.05 Å². The fraction of sp³-hybridized carbons (Fsp3) is 0.125. The third kappa shape index (κ3) is 3.04. The Morgan fingerprint density at radius 2 is 1.94 bits per heavy atom. The highest BCUT2D eigenvalue weighted by atomic mass is 16.5. The summed E-state index contributed by atoms with van der Waals surface area (Å²) in [5, 5.41) is 15.2. The van der Waals surface area contributed by atoms with Crippen LogP contribution in [-0.4, -0.2) is 45.0 Å². The van der Waals surface area contributed by atoms with Gasteiger partial charge in [-0.15, -0.1) is 0 Å². The zero-order chi connectivity index (χ0) is 22.4. The first-order chi connectivity index (χ1) is 15.5. The van der Waals surface area contributed by atoms with Crippen LogP contribution in [-0.2, 0) is 7.05 Å². The van der Waals surface area contributed by atoms with Crippen LogP contribution in [0.2, 0.25) is 0 Å². The van der Waals surface area contributed by atoms with E-state index in [1.165, 1.54) is 12.3 Å². The number of methoxy groups -OCH3 is 1. The third-order valence-corrected chi connectivity index (χ3v) is 5.67. The van der Waals surface area contributed by atoms with E-state index in [9.17, 15) is 9.90 Å². The van der Waals surface area contributed by atoms with Gasteiger partial charge in [-0.3, -0.25) is 9.67 Å². The first kappa shape index (κ1) is 19.6. The van der Waals surface area contributed by atoms with Crippen molar-refractivity contribution in [3.8, 4) is 17.1 Å². The fourth-order valence-corrected chi connectivity index (χ4v) is 4.06. The Hall–Kier alpha value is -4.33. The van der Waals surface area contributed by atoms with Crippen molar-refractivity contribution in [1.29, 1.82) is 0 Å². The molecule has 0 amide bonds. The van der Waals surface area contributed by atoms with Crippen molar-refractivity contribution in [3.05, 3.63) is 66.4 Å². The predicted octanol–water partition coefficient (Wildman–Crippen LogP) is 4.59. The van der Waals surface area contributed by atoms with Crippen LogP contribution in [0, 0.1) is 0 Å². The average molecular weight is 427 g/mol. The molecule has 8 heteroatoms. The molecule has 160 valence electrons. The van der Waals surface area contributed by atoms with Gasteiger partial charge in [-0.1, -0.05) is 12.1 Å². The molecule has 0 aliphatic carbocycles. The zero-order valence-corrected chi connectivity index (χ0v) is 17.8. The largest absolute Gasteiger partial charge is 0.497 e. The van der Waals surface area contributed by atoms with E-state index in [0.29, 0.717) is 11.0 Å². The molecular weight excluding hydrogens is 406 g/mol. The molecule has 0 spiro atoms. The number of carboxylic acids is 1. The van der Waals surface area contributed by atoms with Gasteiger partial charge in [0.05, 0.1) is 40.6 Å². The molecule has 0 atom stereocenters. The van der Waals surface area contributed by atoms with Gasteiger partial charge in [0.15, 0.2) is 0 Å². The minimum absolute atomic E-state index is 0.182. The molecule has 0 saturated carbocycles. The minimum Gasteiger partial charge on any atom is -0.497 e. The summed E-state index contributed by atoms with van der Waals surface area (Å²) >= 11 is 0. The lowest BCUT2D eigenvalue weighted by molar-refractivity contribution is 0.0698. The first-order valence-electron chi connectivity index (χ1n) is 10.0. The second kappa shape index (κ2) is 7.42. The number of H-pyrrole nitrogens is 1. The maximum absolute atomic E-state index is 11.6. The summed E-state index contributed by atoms with van der Waals surface area (Å²) in [7, 11) is 5.56. The molecule has 0 unspecified atom stereocenters. The van der Waals surface area contributed by atoms with Crippen LogP contribution < -0.4 is 9.64 Å². The number of pyridine rings is 1. The summed E-state index contributed by atoms with van der Waals surface area (Å²) in [5.41, 5.74) is 5.69. The Balaban J connectivity index is 1.65. The number of benzene rings is 2. The quantitative estimate of drug-likeness (QED) is 0.426. The highest BCUT2D eigenvalue weighted by molar-refractivity contribution is 6.05. The van der Waals surface area contributed by atoms with Gasteiger partial charge in [0.2, 0.25) is 0 Å². The number of carboxylic acid groups (broad SMARTS) is 1. The second-order valence-corrected chi connectivity index (χ2v) is 7.51. The van der Waals surface area contributed by atoms with Crippen molar-refractivity contribution in [2.75, 3.05) is 19.1 Å². The number of aryl methyl sites for hydroxylation is 1. The highest BCUT2D eigenvalue weighted by Crippen LogP contribution is 2.36. The van der Waals surface area contributed by atoms with Crippen LogP contribution >= 0.6 is 0 Å². The van der Waals surface area contributed by atoms with E-state index in [1.807, 2.05) is 67.3 Å². The molecule has 8 nitrogen and oxygen atoms in total. The molecule has 32 heavy (non-hydrogen) atoms. The molecule has 3 aromatic heterocycles. The van der Waals surface area contributed by atoms with E-state index < -0.39 is 5.97 Å². The number of para-hydroxylation sites is 1. The molecule has 5 aromatic rings. The van der Waals surface area contributed by atoms with Crippen molar-refractivity contribution in [2.45, 2.75) is 0 Å². The van der Waals surface area contributed by atoms with Crippen molar-refractivity contribution >= 4 is 39.3 Å². The molecule has 2 aromatic carbocycles. The van der Waals surface area contributed by atoms with Crippen molar-refractivity contribution in [3.63, 3.8) is 0 Å². The van der Waals surface area contributed by atoms with E-state index in [-0.39, 0.29) is 5.56 Å². The summed E-state index contributed by atoms with van der Waals surface area (Å²) in [6.45, 7) is 0. The van der Waals surface area contributed by atoms with Gasteiger partial charge < -0.3 is 19.7 Å². The fourth-order valence-electron chi connectivity index (χ4n) is 4.06. The number of fused-ring (bicyclic) bond motifs is 2. The summed E-state index contributed by atoms with van der Waals surface area (Å²) in [4.78, 5) is 21.2. The molecule has 0 aliphatic heterocycles. The second-order valence-electron chi connectivity index (χ2n) is 7.51. The number of nitrogens with zero attached hydrogens (tertiary/aromatic N) is 4. The first-order valence-corrected chi connectivity index (χ1v) is 10.0. The maximum Gasteiger partial charge on any atom is 0.337 e. The van der Waals surface area contributed by atoms with Gasteiger partial charge in [0.25, 0.3) is 0 Å². The summed E-state index contributed by atoms with van der Waals surface area (Å²) in [5.74, 6) is -0.198. The predicted molar refractivity (Wildman–Crippen MR) is 124 cm³/mol. The number of rotatable bonds is 5. The van der Waals surface area contributed by atoms with Crippen LogP contribution in [0.3, 0.4) is 0 Å². The van der Waals surface area contributed by atoms with Crippen LogP contribution in [0.25, 0.3) is 33.3 Å². The standard InChI is InChI=1S/C24H21N5O3/c1-28(14-7-9-15(32-3)10-8-14)20-6-4-5-16-22(27-29(2)23(16)20)19-13-18-21(26-19)17(24(30)31)11-12-25-18/h4-13,26H,1-3H3,(H,30,31). The molecule has 2 N–H and O–H groups in total. The Morgan fingerprint density at radius 1 is 1.16 bits per heavy atom. The van der Waals surface area contributed by atoms with E-state index in [4.69, 9.17) is 9.84 Å². The monoisotopic (exact) mass is 427 g/mol. The normalized spacial score (nSPS) is 11.2. The lowest BCUT2D eigenvalue weighted by Gasteiger charge is -2.21. The van der Waals surface area contributed by atoms with Crippen LogP contribution in [0.5, 0.6) is 5.75 Å². The van der Waals surface area contributed by atoms with Gasteiger partial charge in [0.1, 0.15) is 11.4 Å². The number of hydrogen-bond acceptors (Lipinski definition) is 5. The number of hydrogen-bond donors (Lipinski definition) is 2. The average Bonchev–Trinajstić information content (AvgIpc) is 3.39. The summed E-state index contributed by atoms with van der Waals surface area (Å²) < 4.78 is 7.11. The smallest absolute Gasteiger partial charge is 0.337 e. The molecule has 0 fully saturated rings. The van der Waals surface area contributed by atoms with E-state index in [0.717, 1.165) is 39.4 Å². The Kier molecular flexibility index (Phi) is 4.55. The van der Waals surface area contributed by atoms with E-state index >= 15 is 0 Å². The summed E-state index contributed by atoms with van der Waals surface area (Å²) in [6.07, 6.45) is 1.50. The number of nitrogens with one attached hydrogen (secondary N) is 1. The number of ether oxygens (including phenoxy) is 1. The Morgan fingerprint density at radius 3 is 2.66 bits per heavy atom. The number of aromatic amines is 1. The molecule has 0 radical (unpaired) electrons. The van der Waals surface area contributed by atoms with Crippen molar-refractivity contribution < 1.29 is 14.6 Å². The highest BCUT2D eigenvalue weighted by Gasteiger charge is 2.19. The third-order valence-electron chi connectivity index (χ3n) is 5.67.